The summed E-state index contributed by atoms with van der Waals surface area (Å²) < 4.78 is 0. The van der Waals surface area contributed by atoms with Crippen molar-refractivity contribution in [3.63, 3.8) is 0 Å². The number of hydrogen-bond acceptors (Lipinski definition) is 2. The van der Waals surface area contributed by atoms with Crippen molar-refractivity contribution in [2.45, 2.75) is 32.2 Å². The first kappa shape index (κ1) is 14.6. The molecule has 0 aromatic heterocycles. The zero-order valence-corrected chi connectivity index (χ0v) is 10.4. The minimum absolute atomic E-state index is 0. The van der Waals surface area contributed by atoms with Gasteiger partial charge in [0.15, 0.2) is 0 Å². The van der Waals surface area contributed by atoms with Crippen molar-refractivity contribution in [3.05, 3.63) is 12.2 Å². The third-order valence-corrected chi connectivity index (χ3v) is 1.51. The Balaban J connectivity index is 0. The van der Waals surface area contributed by atoms with Crippen molar-refractivity contribution < 1.29 is 25.9 Å². The minimum Gasteiger partial charge on any atom is -0.652 e. The molecule has 0 aliphatic carbocycles. The first-order valence-corrected chi connectivity index (χ1v) is 3.98. The van der Waals surface area contributed by atoms with E-state index in [4.69, 9.17) is 5.73 Å². The number of rotatable bonds is 0. The van der Waals surface area contributed by atoms with Crippen molar-refractivity contribution in [2.24, 2.45) is 5.73 Å². The van der Waals surface area contributed by atoms with Gasteiger partial charge in [0.05, 0.1) is 5.91 Å². The van der Waals surface area contributed by atoms with Gasteiger partial charge in [-0.3, -0.25) is 0 Å². The van der Waals surface area contributed by atoms with Crippen molar-refractivity contribution in [1.29, 1.82) is 0 Å². The van der Waals surface area contributed by atoms with Crippen LogP contribution in [0.25, 0.3) is 5.32 Å². The number of nitrogens with two attached hydrogens (primary N) is 1. The fraction of sp³-hybridized carbons (Fsp3) is 0.750. The summed E-state index contributed by atoms with van der Waals surface area (Å²) in [6.07, 6.45) is 2.86. The van der Waals surface area contributed by atoms with Crippen molar-refractivity contribution >= 4 is 5.91 Å². The van der Waals surface area contributed by atoms with E-state index in [2.05, 4.69) is 12.2 Å². The zero-order chi connectivity index (χ0) is 8.69. The third kappa shape index (κ3) is 5.73. The van der Waals surface area contributed by atoms with Crippen LogP contribution in [0.2, 0.25) is 0 Å². The largest absolute Gasteiger partial charge is 2.00 e. The van der Waals surface area contributed by atoms with Crippen LogP contribution in [0.5, 0.6) is 0 Å². The Morgan fingerprint density at radius 1 is 1.50 bits per heavy atom. The Labute approximate surface area is 88.7 Å². The summed E-state index contributed by atoms with van der Waals surface area (Å²) in [5, 5.41) is 3.74. The quantitative estimate of drug-likeness (QED) is 0.675. The van der Waals surface area contributed by atoms with Gasteiger partial charge in [0.2, 0.25) is 0 Å². The van der Waals surface area contributed by atoms with E-state index in [1.54, 1.807) is 6.92 Å². The van der Waals surface area contributed by atoms with E-state index in [-0.39, 0.29) is 33.0 Å². The normalized spacial score (nSPS) is 22.2. The van der Waals surface area contributed by atoms with Gasteiger partial charge >= 0.3 is 21.1 Å². The van der Waals surface area contributed by atoms with Crippen LogP contribution in [0.1, 0.15) is 26.2 Å². The van der Waals surface area contributed by atoms with Crippen LogP contribution in [0.15, 0.2) is 0 Å². The summed E-state index contributed by atoms with van der Waals surface area (Å²) in [7, 11) is 0. The van der Waals surface area contributed by atoms with Crippen LogP contribution in [0.3, 0.4) is 0 Å². The maximum atomic E-state index is 10.7. The molecule has 1 atom stereocenters. The van der Waals surface area contributed by atoms with Gasteiger partial charge in [-0.15, -0.1) is 6.54 Å². The molecular weight excluding hydrogens is 324 g/mol. The molecule has 1 rings (SSSR count). The standard InChI is InChI=1S/C6H12N2O.C2H5.W/c7-5-3-1-2-4-8-6(5)9;1-2;/h5H,1-4,7H2,(H,8,9);1H2,2H3;/q;-1;+2/p-1/t5-;;/m0../s1. The molecule has 0 aromatic rings. The van der Waals surface area contributed by atoms with E-state index in [1.807, 2.05) is 0 Å². The van der Waals surface area contributed by atoms with Crippen LogP contribution in [0, 0.1) is 6.92 Å². The van der Waals surface area contributed by atoms with Gasteiger partial charge in [-0.25, -0.2) is 0 Å². The molecule has 0 saturated carbocycles. The van der Waals surface area contributed by atoms with Gasteiger partial charge in [0, 0.05) is 6.04 Å². The SMILES string of the molecule is N[C@H]1CCCC[N-]C1=O.[CH2-]C.[W+2]. The van der Waals surface area contributed by atoms with Crippen LogP contribution < -0.4 is 5.73 Å². The molecular formula is C8H16N2OW. The predicted molar refractivity (Wildman–Crippen MR) is 46.1 cm³/mol. The topological polar surface area (TPSA) is 57.2 Å². The molecule has 4 heteroatoms. The second-order valence-electron chi connectivity index (χ2n) is 2.32. The van der Waals surface area contributed by atoms with Crippen molar-refractivity contribution in [3.8, 4) is 0 Å². The van der Waals surface area contributed by atoms with E-state index in [0.717, 1.165) is 19.3 Å². The van der Waals surface area contributed by atoms with Gasteiger partial charge in [0.25, 0.3) is 0 Å². The number of carbonyl (C=O) groups is 1. The summed E-state index contributed by atoms with van der Waals surface area (Å²) in [6, 6.07) is -0.313. The zero-order valence-electron chi connectivity index (χ0n) is 7.45. The average Bonchev–Trinajstić information content (AvgIpc) is 2.22. The number of nitrogens with zero attached hydrogens (tertiary/aromatic N) is 1. The van der Waals surface area contributed by atoms with E-state index in [0.29, 0.717) is 6.54 Å². The van der Waals surface area contributed by atoms with Crippen LogP contribution >= 0.6 is 0 Å². The molecule has 1 amide bonds. The maximum Gasteiger partial charge on any atom is 2.00 e. The molecule has 0 unspecified atom stereocenters. The fourth-order valence-electron chi connectivity index (χ4n) is 0.906. The minimum atomic E-state index is -0.313. The second-order valence-corrected chi connectivity index (χ2v) is 2.32. The molecule has 1 heterocycles. The molecule has 1 fully saturated rings. The number of amides is 1. The Hall–Kier alpha value is 0.118. The molecule has 70 valence electrons. The fourth-order valence-corrected chi connectivity index (χ4v) is 0.906. The smallest absolute Gasteiger partial charge is 0.652 e. The number of hydrogen-bond donors (Lipinski definition) is 1. The molecule has 0 spiro atoms. The summed E-state index contributed by atoms with van der Waals surface area (Å²) in [6.45, 7) is 5.67. The molecule has 2 N–H and O–H groups in total. The summed E-state index contributed by atoms with van der Waals surface area (Å²) in [5.74, 6) is -0.118. The summed E-state index contributed by atoms with van der Waals surface area (Å²) in [4.78, 5) is 10.7. The average molecular weight is 340 g/mol. The first-order chi connectivity index (χ1) is 5.30. The molecule has 0 aromatic carbocycles. The van der Waals surface area contributed by atoms with E-state index in [1.165, 1.54) is 0 Å². The van der Waals surface area contributed by atoms with Gasteiger partial charge in [-0.2, -0.15) is 6.92 Å². The summed E-state index contributed by atoms with van der Waals surface area (Å²) in [5.41, 5.74) is 5.43. The Morgan fingerprint density at radius 3 is 2.67 bits per heavy atom. The van der Waals surface area contributed by atoms with E-state index in [9.17, 15) is 4.79 Å². The molecule has 0 bridgehead atoms. The Morgan fingerprint density at radius 2 is 2.08 bits per heavy atom. The molecule has 3 nitrogen and oxygen atoms in total. The Bertz CT molecular complexity index is 120. The molecule has 1 saturated heterocycles. The predicted octanol–water partition coefficient (Wildman–Crippen LogP) is 1.24. The Kier molecular flexibility index (Phi) is 11.2. The van der Waals surface area contributed by atoms with Gasteiger partial charge in [-0.05, 0) is 6.42 Å². The van der Waals surface area contributed by atoms with Crippen molar-refractivity contribution in [1.82, 2.24) is 0 Å². The molecule has 12 heavy (non-hydrogen) atoms. The second kappa shape index (κ2) is 9.21. The van der Waals surface area contributed by atoms with Gasteiger partial charge in [0.1, 0.15) is 0 Å². The van der Waals surface area contributed by atoms with Crippen molar-refractivity contribution in [2.75, 3.05) is 6.54 Å². The van der Waals surface area contributed by atoms with Crippen LogP contribution in [-0.4, -0.2) is 18.5 Å². The molecule has 1 aliphatic heterocycles. The van der Waals surface area contributed by atoms with Gasteiger partial charge in [-0.1, -0.05) is 12.8 Å². The molecule has 0 radical (unpaired) electrons. The molecule has 1 aliphatic rings. The first-order valence-electron chi connectivity index (χ1n) is 3.98. The third-order valence-electron chi connectivity index (χ3n) is 1.51. The monoisotopic (exact) mass is 340 g/mol. The number of carbonyl (C=O) groups excluding carboxylic acids is 1. The van der Waals surface area contributed by atoms with Crippen LogP contribution in [-0.2, 0) is 25.9 Å². The van der Waals surface area contributed by atoms with E-state index >= 15 is 0 Å². The van der Waals surface area contributed by atoms with E-state index < -0.39 is 0 Å². The maximum absolute atomic E-state index is 10.7. The van der Waals surface area contributed by atoms with Crippen LogP contribution in [0.4, 0.5) is 0 Å². The summed E-state index contributed by atoms with van der Waals surface area (Å²) >= 11 is 0. The van der Waals surface area contributed by atoms with Gasteiger partial charge < -0.3 is 22.8 Å².